The molecule has 3 rings (SSSR count). The lowest BCUT2D eigenvalue weighted by molar-refractivity contribution is -0.143. The Bertz CT molecular complexity index is 876. The lowest BCUT2D eigenvalue weighted by Crippen LogP contribution is -2.31. The molecule has 27 heavy (non-hydrogen) atoms. The van der Waals surface area contributed by atoms with Gasteiger partial charge in [0.2, 0.25) is 0 Å². The Morgan fingerprint density at radius 1 is 1.04 bits per heavy atom. The van der Waals surface area contributed by atoms with Crippen molar-refractivity contribution in [2.75, 3.05) is 13.2 Å². The summed E-state index contributed by atoms with van der Waals surface area (Å²) in [6.45, 7) is 2.43. The Morgan fingerprint density at radius 2 is 1.74 bits per heavy atom. The molecule has 2 aromatic rings. The molecule has 0 spiro atoms. The van der Waals surface area contributed by atoms with Gasteiger partial charge in [-0.15, -0.1) is 0 Å². The number of benzene rings is 2. The maximum atomic E-state index is 12.3. The van der Waals surface area contributed by atoms with Crippen molar-refractivity contribution in [3.8, 4) is 0 Å². The molecule has 5 nitrogen and oxygen atoms in total. The van der Waals surface area contributed by atoms with E-state index < -0.39 is 0 Å². The van der Waals surface area contributed by atoms with Crippen molar-refractivity contribution in [3.63, 3.8) is 0 Å². The summed E-state index contributed by atoms with van der Waals surface area (Å²) in [6, 6.07) is 13.1. The largest absolute Gasteiger partial charge is 0.466 e. The number of ether oxygens (including phenoxy) is 1. The molecular formula is C21H20BrNO4. The fourth-order valence-corrected chi connectivity index (χ4v) is 3.31. The van der Waals surface area contributed by atoms with Crippen molar-refractivity contribution in [1.29, 1.82) is 0 Å². The van der Waals surface area contributed by atoms with Gasteiger partial charge in [0.05, 0.1) is 17.7 Å². The van der Waals surface area contributed by atoms with Crippen LogP contribution < -0.4 is 0 Å². The number of fused-ring (bicyclic) bond motifs is 1. The number of hydrogen-bond donors (Lipinski definition) is 0. The molecular weight excluding hydrogens is 410 g/mol. The highest BCUT2D eigenvalue weighted by atomic mass is 79.9. The van der Waals surface area contributed by atoms with E-state index in [-0.39, 0.29) is 30.9 Å². The maximum Gasteiger partial charge on any atom is 0.306 e. The summed E-state index contributed by atoms with van der Waals surface area (Å²) in [6.07, 6.45) is 1.36. The van der Waals surface area contributed by atoms with E-state index in [1.54, 1.807) is 18.2 Å². The van der Waals surface area contributed by atoms with E-state index in [2.05, 4.69) is 15.9 Å². The highest BCUT2D eigenvalue weighted by Crippen LogP contribution is 2.26. The minimum Gasteiger partial charge on any atom is -0.466 e. The molecule has 1 heterocycles. The van der Waals surface area contributed by atoms with Crippen LogP contribution in [-0.2, 0) is 16.0 Å². The number of esters is 1. The number of halogens is 1. The van der Waals surface area contributed by atoms with Gasteiger partial charge in [-0.2, -0.15) is 0 Å². The summed E-state index contributed by atoms with van der Waals surface area (Å²) in [4.78, 5) is 37.7. The number of imide groups is 1. The van der Waals surface area contributed by atoms with Crippen LogP contribution in [0.15, 0.2) is 46.9 Å². The van der Waals surface area contributed by atoms with Gasteiger partial charge in [-0.3, -0.25) is 19.3 Å². The van der Waals surface area contributed by atoms with Crippen molar-refractivity contribution < 1.29 is 19.1 Å². The van der Waals surface area contributed by atoms with E-state index in [9.17, 15) is 14.4 Å². The topological polar surface area (TPSA) is 63.7 Å². The van der Waals surface area contributed by atoms with E-state index in [1.807, 2.05) is 31.2 Å². The van der Waals surface area contributed by atoms with E-state index in [1.165, 1.54) is 10.5 Å². The molecule has 1 aliphatic rings. The van der Waals surface area contributed by atoms with Crippen LogP contribution in [0.4, 0.5) is 0 Å². The third-order valence-corrected chi connectivity index (χ3v) is 4.95. The second-order valence-corrected chi connectivity index (χ2v) is 7.43. The van der Waals surface area contributed by atoms with Gasteiger partial charge < -0.3 is 4.74 Å². The number of aryl methyl sites for hydroxylation is 2. The molecule has 6 heteroatoms. The summed E-state index contributed by atoms with van der Waals surface area (Å²) >= 11 is 3.31. The molecule has 0 saturated heterocycles. The van der Waals surface area contributed by atoms with Crippen LogP contribution in [-0.4, -0.2) is 35.8 Å². The molecule has 140 valence electrons. The van der Waals surface area contributed by atoms with Gasteiger partial charge in [0.15, 0.2) is 0 Å². The first kappa shape index (κ1) is 19.3. The third-order valence-electron chi connectivity index (χ3n) is 4.46. The molecule has 2 aromatic carbocycles. The van der Waals surface area contributed by atoms with Crippen molar-refractivity contribution >= 4 is 33.7 Å². The van der Waals surface area contributed by atoms with Gasteiger partial charge in [-0.05, 0) is 43.5 Å². The fourth-order valence-electron chi connectivity index (χ4n) is 2.95. The van der Waals surface area contributed by atoms with E-state index >= 15 is 0 Å². The summed E-state index contributed by atoms with van der Waals surface area (Å²) in [5.74, 6) is -0.878. The number of hydrogen-bond acceptors (Lipinski definition) is 4. The lowest BCUT2D eigenvalue weighted by atomic mass is 10.1. The van der Waals surface area contributed by atoms with Crippen LogP contribution in [0.5, 0.6) is 0 Å². The number of carbonyl (C=O) groups is 3. The zero-order valence-corrected chi connectivity index (χ0v) is 16.6. The number of carbonyl (C=O) groups excluding carboxylic acids is 3. The maximum absolute atomic E-state index is 12.3. The molecule has 0 N–H and O–H groups in total. The van der Waals surface area contributed by atoms with E-state index in [4.69, 9.17) is 4.74 Å². The fraction of sp³-hybridized carbons (Fsp3) is 0.286. The van der Waals surface area contributed by atoms with E-state index in [0.29, 0.717) is 30.4 Å². The predicted octanol–water partition coefficient (Wildman–Crippen LogP) is 3.92. The van der Waals surface area contributed by atoms with Crippen LogP contribution in [0.2, 0.25) is 0 Å². The monoisotopic (exact) mass is 429 g/mol. The molecule has 0 aliphatic carbocycles. The van der Waals surface area contributed by atoms with Crippen molar-refractivity contribution in [2.24, 2.45) is 0 Å². The minimum atomic E-state index is -0.304. The molecule has 0 atom stereocenters. The van der Waals surface area contributed by atoms with Gasteiger partial charge >= 0.3 is 5.97 Å². The van der Waals surface area contributed by atoms with Gasteiger partial charge in [0, 0.05) is 17.4 Å². The Morgan fingerprint density at radius 3 is 2.48 bits per heavy atom. The zero-order valence-electron chi connectivity index (χ0n) is 15.0. The molecule has 0 aromatic heterocycles. The first-order valence-corrected chi connectivity index (χ1v) is 9.62. The SMILES string of the molecule is Cc1ccc(CCC(=O)OCCCN2C(=O)c3ccc(Br)cc3C2=O)cc1. The van der Waals surface area contributed by atoms with Gasteiger partial charge in [0.25, 0.3) is 11.8 Å². The van der Waals surface area contributed by atoms with E-state index in [0.717, 1.165) is 10.0 Å². The molecule has 2 amide bonds. The van der Waals surface area contributed by atoms with Gasteiger partial charge in [-0.1, -0.05) is 45.8 Å². The molecule has 0 radical (unpaired) electrons. The van der Waals surface area contributed by atoms with Crippen LogP contribution >= 0.6 is 15.9 Å². The smallest absolute Gasteiger partial charge is 0.306 e. The summed E-state index contributed by atoms with van der Waals surface area (Å²) < 4.78 is 5.97. The highest BCUT2D eigenvalue weighted by Gasteiger charge is 2.35. The Kier molecular flexibility index (Phi) is 6.06. The van der Waals surface area contributed by atoms with Crippen LogP contribution in [0.1, 0.15) is 44.7 Å². The van der Waals surface area contributed by atoms with Gasteiger partial charge in [0.1, 0.15) is 0 Å². The average Bonchev–Trinajstić information content (AvgIpc) is 2.88. The van der Waals surface area contributed by atoms with Crippen molar-refractivity contribution in [2.45, 2.75) is 26.2 Å². The normalized spacial score (nSPS) is 13.0. The van der Waals surface area contributed by atoms with Crippen LogP contribution in [0.3, 0.4) is 0 Å². The first-order chi connectivity index (χ1) is 13.0. The molecule has 0 bridgehead atoms. The standard InChI is InChI=1S/C21H20BrNO4/c1-14-3-5-15(6-4-14)7-10-19(24)27-12-2-11-23-20(25)17-9-8-16(22)13-18(17)21(23)26/h3-6,8-9,13H,2,7,10-12H2,1H3. The molecule has 0 fully saturated rings. The minimum absolute atomic E-state index is 0.184. The summed E-state index contributed by atoms with van der Waals surface area (Å²) in [7, 11) is 0. The van der Waals surface area contributed by atoms with Crippen molar-refractivity contribution in [3.05, 3.63) is 69.2 Å². The Hall–Kier alpha value is -2.47. The summed E-state index contributed by atoms with van der Waals surface area (Å²) in [5.41, 5.74) is 3.10. The Balaban J connectivity index is 1.41. The van der Waals surface area contributed by atoms with Crippen molar-refractivity contribution in [1.82, 2.24) is 4.90 Å². The number of nitrogens with zero attached hydrogens (tertiary/aromatic N) is 1. The Labute approximate surface area is 166 Å². The predicted molar refractivity (Wildman–Crippen MR) is 105 cm³/mol. The van der Waals surface area contributed by atoms with Gasteiger partial charge in [-0.25, -0.2) is 0 Å². The number of rotatable bonds is 7. The number of amides is 2. The van der Waals surface area contributed by atoms with Crippen LogP contribution in [0.25, 0.3) is 0 Å². The quantitative estimate of drug-likeness (QED) is 0.380. The second-order valence-electron chi connectivity index (χ2n) is 6.51. The second kappa shape index (κ2) is 8.48. The molecule has 0 unspecified atom stereocenters. The zero-order chi connectivity index (χ0) is 19.4. The van der Waals surface area contributed by atoms with Crippen LogP contribution in [0, 0.1) is 6.92 Å². The average molecular weight is 430 g/mol. The molecule has 0 saturated carbocycles. The highest BCUT2D eigenvalue weighted by molar-refractivity contribution is 9.10. The lowest BCUT2D eigenvalue weighted by Gasteiger charge is -2.13. The molecule has 1 aliphatic heterocycles. The third kappa shape index (κ3) is 4.63. The first-order valence-electron chi connectivity index (χ1n) is 8.82. The summed E-state index contributed by atoms with van der Waals surface area (Å²) in [5, 5.41) is 0.